The molecular weight excluding hydrogens is 243 g/mol. The Hall–Kier alpha value is -1.33. The fourth-order valence-electron chi connectivity index (χ4n) is 1.62. The lowest BCUT2D eigenvalue weighted by Crippen LogP contribution is -2.26. The molecular formula is C13H16F3NO. The van der Waals surface area contributed by atoms with Crippen LogP contribution in [0.3, 0.4) is 0 Å². The smallest absolute Gasteiger partial charge is 0.395 e. The number of aliphatic hydroxyl groups excluding tert-OH is 1. The fourth-order valence-corrected chi connectivity index (χ4v) is 1.62. The first-order valence-corrected chi connectivity index (χ1v) is 5.57. The topological polar surface area (TPSA) is 23.5 Å². The van der Waals surface area contributed by atoms with Gasteiger partial charge in [0.1, 0.15) is 0 Å². The lowest BCUT2D eigenvalue weighted by molar-refractivity contribution is -0.137. The molecule has 0 fully saturated rings. The Morgan fingerprint density at radius 1 is 1.22 bits per heavy atom. The van der Waals surface area contributed by atoms with Gasteiger partial charge in [0.15, 0.2) is 0 Å². The van der Waals surface area contributed by atoms with Crippen LogP contribution < -0.4 is 0 Å². The van der Waals surface area contributed by atoms with E-state index in [4.69, 9.17) is 5.11 Å². The van der Waals surface area contributed by atoms with Gasteiger partial charge in [-0.05, 0) is 17.7 Å². The lowest BCUT2D eigenvalue weighted by Gasteiger charge is -2.19. The minimum atomic E-state index is -4.30. The van der Waals surface area contributed by atoms with Crippen LogP contribution >= 0.6 is 0 Å². The molecule has 0 amide bonds. The summed E-state index contributed by atoms with van der Waals surface area (Å²) in [6.45, 7) is 5.15. The third-order valence-electron chi connectivity index (χ3n) is 2.49. The first-order chi connectivity index (χ1) is 8.47. The number of benzene rings is 1. The van der Waals surface area contributed by atoms with Gasteiger partial charge in [-0.1, -0.05) is 18.2 Å². The number of nitrogens with zero attached hydrogens (tertiary/aromatic N) is 1. The molecule has 1 aromatic carbocycles. The maximum atomic E-state index is 12.4. The molecule has 1 N–H and O–H groups in total. The van der Waals surface area contributed by atoms with E-state index in [1.165, 1.54) is 12.1 Å². The summed E-state index contributed by atoms with van der Waals surface area (Å²) in [6.07, 6.45) is -2.61. The average molecular weight is 259 g/mol. The van der Waals surface area contributed by atoms with E-state index in [2.05, 4.69) is 6.58 Å². The van der Waals surface area contributed by atoms with E-state index >= 15 is 0 Å². The zero-order valence-electron chi connectivity index (χ0n) is 9.95. The monoisotopic (exact) mass is 259 g/mol. The van der Waals surface area contributed by atoms with Crippen LogP contribution in [0.1, 0.15) is 11.1 Å². The zero-order valence-corrected chi connectivity index (χ0v) is 9.95. The van der Waals surface area contributed by atoms with E-state index in [0.29, 0.717) is 19.6 Å². The SMILES string of the molecule is C=CCN(CCO)Cc1ccc(C(F)(F)F)cc1. The molecule has 1 aromatic rings. The van der Waals surface area contributed by atoms with Crippen molar-refractivity contribution in [3.05, 3.63) is 48.0 Å². The Balaban J connectivity index is 2.69. The number of rotatable bonds is 6. The summed E-state index contributed by atoms with van der Waals surface area (Å²) in [7, 11) is 0. The number of alkyl halides is 3. The Kier molecular flexibility index (Phi) is 5.37. The largest absolute Gasteiger partial charge is 0.416 e. The predicted octanol–water partition coefficient (Wildman–Crippen LogP) is 2.69. The van der Waals surface area contributed by atoms with Crippen molar-refractivity contribution in [2.75, 3.05) is 19.7 Å². The molecule has 0 aliphatic carbocycles. The van der Waals surface area contributed by atoms with Crippen LogP contribution in [0.25, 0.3) is 0 Å². The second kappa shape index (κ2) is 6.56. The Labute approximate surface area is 104 Å². The van der Waals surface area contributed by atoms with Crippen molar-refractivity contribution >= 4 is 0 Å². The minimum absolute atomic E-state index is 0.00841. The Bertz CT molecular complexity index is 373. The first-order valence-electron chi connectivity index (χ1n) is 5.57. The highest BCUT2D eigenvalue weighted by Crippen LogP contribution is 2.29. The van der Waals surface area contributed by atoms with E-state index < -0.39 is 11.7 Å². The molecule has 0 atom stereocenters. The molecule has 0 radical (unpaired) electrons. The normalized spacial score (nSPS) is 11.8. The van der Waals surface area contributed by atoms with Gasteiger partial charge in [-0.15, -0.1) is 6.58 Å². The van der Waals surface area contributed by atoms with Gasteiger partial charge in [0.2, 0.25) is 0 Å². The molecule has 0 spiro atoms. The first kappa shape index (κ1) is 14.7. The van der Waals surface area contributed by atoms with Crippen molar-refractivity contribution in [3.8, 4) is 0 Å². The van der Waals surface area contributed by atoms with Crippen molar-refractivity contribution in [3.63, 3.8) is 0 Å². The van der Waals surface area contributed by atoms with Crippen LogP contribution in [0.15, 0.2) is 36.9 Å². The highest BCUT2D eigenvalue weighted by molar-refractivity contribution is 5.24. The van der Waals surface area contributed by atoms with Gasteiger partial charge in [-0.2, -0.15) is 13.2 Å². The zero-order chi connectivity index (χ0) is 13.6. The molecule has 0 saturated heterocycles. The Morgan fingerprint density at radius 3 is 2.28 bits per heavy atom. The van der Waals surface area contributed by atoms with E-state index in [1.54, 1.807) is 6.08 Å². The number of hydrogen-bond acceptors (Lipinski definition) is 2. The number of aliphatic hydroxyl groups is 1. The van der Waals surface area contributed by atoms with Crippen molar-refractivity contribution in [2.45, 2.75) is 12.7 Å². The molecule has 100 valence electrons. The summed E-state index contributed by atoms with van der Waals surface area (Å²) in [6, 6.07) is 5.05. The molecule has 0 bridgehead atoms. The van der Waals surface area contributed by atoms with Gasteiger partial charge in [0, 0.05) is 19.6 Å². The molecule has 5 heteroatoms. The van der Waals surface area contributed by atoms with Crippen LogP contribution in [0.4, 0.5) is 13.2 Å². The minimum Gasteiger partial charge on any atom is -0.395 e. The Morgan fingerprint density at radius 2 is 1.83 bits per heavy atom. The third-order valence-corrected chi connectivity index (χ3v) is 2.49. The van der Waals surface area contributed by atoms with Crippen LogP contribution in [0.5, 0.6) is 0 Å². The van der Waals surface area contributed by atoms with Crippen LogP contribution in [-0.2, 0) is 12.7 Å². The number of halogens is 3. The molecule has 0 aromatic heterocycles. The van der Waals surface area contributed by atoms with Crippen LogP contribution in [0.2, 0.25) is 0 Å². The summed E-state index contributed by atoms with van der Waals surface area (Å²) < 4.78 is 37.1. The molecule has 0 aliphatic heterocycles. The summed E-state index contributed by atoms with van der Waals surface area (Å²) in [5.74, 6) is 0. The quantitative estimate of drug-likeness (QED) is 0.794. The van der Waals surface area contributed by atoms with E-state index in [1.807, 2.05) is 4.90 Å². The summed E-state index contributed by atoms with van der Waals surface area (Å²) in [5.41, 5.74) is 0.127. The third kappa shape index (κ3) is 4.50. The van der Waals surface area contributed by atoms with Gasteiger partial charge in [0.05, 0.1) is 12.2 Å². The number of hydrogen-bond donors (Lipinski definition) is 1. The second-order valence-corrected chi connectivity index (χ2v) is 3.94. The highest BCUT2D eigenvalue weighted by atomic mass is 19.4. The molecule has 18 heavy (non-hydrogen) atoms. The molecule has 2 nitrogen and oxygen atoms in total. The van der Waals surface area contributed by atoms with Crippen molar-refractivity contribution in [1.82, 2.24) is 4.90 Å². The van der Waals surface area contributed by atoms with E-state index in [9.17, 15) is 13.2 Å². The average Bonchev–Trinajstić information content (AvgIpc) is 2.29. The van der Waals surface area contributed by atoms with E-state index in [0.717, 1.165) is 17.7 Å². The van der Waals surface area contributed by atoms with Crippen LogP contribution in [0, 0.1) is 0 Å². The van der Waals surface area contributed by atoms with Crippen molar-refractivity contribution in [1.29, 1.82) is 0 Å². The molecule has 0 heterocycles. The highest BCUT2D eigenvalue weighted by Gasteiger charge is 2.29. The van der Waals surface area contributed by atoms with Crippen LogP contribution in [-0.4, -0.2) is 29.7 Å². The second-order valence-electron chi connectivity index (χ2n) is 3.94. The maximum absolute atomic E-state index is 12.4. The molecule has 0 unspecified atom stereocenters. The van der Waals surface area contributed by atoms with Gasteiger partial charge in [-0.25, -0.2) is 0 Å². The van der Waals surface area contributed by atoms with Gasteiger partial charge in [-0.3, -0.25) is 4.90 Å². The van der Waals surface area contributed by atoms with E-state index in [-0.39, 0.29) is 6.61 Å². The van der Waals surface area contributed by atoms with Crippen molar-refractivity contribution in [2.24, 2.45) is 0 Å². The molecule has 0 saturated carbocycles. The molecule has 0 aliphatic rings. The molecule has 1 rings (SSSR count). The maximum Gasteiger partial charge on any atom is 0.416 e. The predicted molar refractivity (Wildman–Crippen MR) is 64.0 cm³/mol. The summed E-state index contributed by atoms with van der Waals surface area (Å²) in [5, 5.41) is 8.87. The standard InChI is InChI=1S/C13H16F3NO/c1-2-7-17(8-9-18)10-11-3-5-12(6-4-11)13(14,15)16/h2-6,18H,1,7-10H2. The van der Waals surface area contributed by atoms with Gasteiger partial charge < -0.3 is 5.11 Å². The van der Waals surface area contributed by atoms with Crippen molar-refractivity contribution < 1.29 is 18.3 Å². The fraction of sp³-hybridized carbons (Fsp3) is 0.385. The lowest BCUT2D eigenvalue weighted by atomic mass is 10.1. The van der Waals surface area contributed by atoms with Gasteiger partial charge >= 0.3 is 6.18 Å². The van der Waals surface area contributed by atoms with Gasteiger partial charge in [0.25, 0.3) is 0 Å². The summed E-state index contributed by atoms with van der Waals surface area (Å²) in [4.78, 5) is 1.90. The summed E-state index contributed by atoms with van der Waals surface area (Å²) >= 11 is 0.